The highest BCUT2D eigenvalue weighted by atomic mass is 32.1. The third-order valence-corrected chi connectivity index (χ3v) is 2.46. The molecule has 92 valence electrons. The predicted molar refractivity (Wildman–Crippen MR) is 64.7 cm³/mol. The summed E-state index contributed by atoms with van der Waals surface area (Å²) >= 11 is 4.04. The van der Waals surface area contributed by atoms with E-state index in [0.29, 0.717) is 4.90 Å². The third-order valence-electron chi connectivity index (χ3n) is 2.19. The standard InChI is InChI=1S/C11H13FN2O2S/c1-13-10(15)6-14(2)11(16)8-5-7(17)3-4-9(8)12/h3-5,17H,6H2,1-2H3,(H,13,15). The van der Waals surface area contributed by atoms with Crippen LogP contribution < -0.4 is 5.32 Å². The van der Waals surface area contributed by atoms with Crippen molar-refractivity contribution >= 4 is 24.4 Å². The Hall–Kier alpha value is -1.56. The average molecular weight is 256 g/mol. The summed E-state index contributed by atoms with van der Waals surface area (Å²) in [5.74, 6) is -1.50. The van der Waals surface area contributed by atoms with Gasteiger partial charge < -0.3 is 10.2 Å². The van der Waals surface area contributed by atoms with E-state index in [9.17, 15) is 14.0 Å². The van der Waals surface area contributed by atoms with Crippen molar-refractivity contribution in [3.05, 3.63) is 29.6 Å². The number of halogens is 1. The molecule has 0 fully saturated rings. The van der Waals surface area contributed by atoms with E-state index >= 15 is 0 Å². The van der Waals surface area contributed by atoms with E-state index in [-0.39, 0.29) is 18.0 Å². The second kappa shape index (κ2) is 5.67. The maximum atomic E-state index is 13.4. The van der Waals surface area contributed by atoms with Crippen LogP contribution in [0.5, 0.6) is 0 Å². The van der Waals surface area contributed by atoms with Crippen molar-refractivity contribution in [1.82, 2.24) is 10.2 Å². The zero-order valence-electron chi connectivity index (χ0n) is 9.53. The van der Waals surface area contributed by atoms with E-state index in [2.05, 4.69) is 17.9 Å². The summed E-state index contributed by atoms with van der Waals surface area (Å²) in [4.78, 5) is 24.6. The maximum Gasteiger partial charge on any atom is 0.257 e. The van der Waals surface area contributed by atoms with E-state index < -0.39 is 11.7 Å². The van der Waals surface area contributed by atoms with Gasteiger partial charge in [-0.15, -0.1) is 12.6 Å². The molecule has 0 unspecified atom stereocenters. The minimum Gasteiger partial charge on any atom is -0.358 e. The molecule has 0 saturated carbocycles. The van der Waals surface area contributed by atoms with Gasteiger partial charge in [0, 0.05) is 19.0 Å². The Kier molecular flexibility index (Phi) is 4.51. The highest BCUT2D eigenvalue weighted by Gasteiger charge is 2.18. The molecule has 17 heavy (non-hydrogen) atoms. The Labute approximate surface area is 104 Å². The molecule has 0 heterocycles. The average Bonchev–Trinajstić information content (AvgIpc) is 2.31. The van der Waals surface area contributed by atoms with Gasteiger partial charge in [0.05, 0.1) is 12.1 Å². The second-order valence-electron chi connectivity index (χ2n) is 3.50. The number of hydrogen-bond acceptors (Lipinski definition) is 3. The van der Waals surface area contributed by atoms with Gasteiger partial charge in [-0.3, -0.25) is 9.59 Å². The number of nitrogens with zero attached hydrogens (tertiary/aromatic N) is 1. The van der Waals surface area contributed by atoms with Crippen LogP contribution in [0.2, 0.25) is 0 Å². The zero-order chi connectivity index (χ0) is 13.0. The summed E-state index contributed by atoms with van der Waals surface area (Å²) in [7, 11) is 2.90. The Morgan fingerprint density at radius 1 is 1.47 bits per heavy atom. The third kappa shape index (κ3) is 3.45. The lowest BCUT2D eigenvalue weighted by Crippen LogP contribution is -2.37. The van der Waals surface area contributed by atoms with Gasteiger partial charge >= 0.3 is 0 Å². The van der Waals surface area contributed by atoms with E-state index in [4.69, 9.17) is 0 Å². The smallest absolute Gasteiger partial charge is 0.257 e. The molecule has 1 rings (SSSR count). The van der Waals surface area contributed by atoms with Crippen LogP contribution in [0.1, 0.15) is 10.4 Å². The van der Waals surface area contributed by atoms with Crippen LogP contribution in [-0.4, -0.2) is 37.4 Å². The van der Waals surface area contributed by atoms with Gasteiger partial charge in [0.2, 0.25) is 5.91 Å². The van der Waals surface area contributed by atoms with Gasteiger partial charge in [0.15, 0.2) is 0 Å². The largest absolute Gasteiger partial charge is 0.358 e. The van der Waals surface area contributed by atoms with E-state index in [1.165, 1.54) is 32.3 Å². The first-order valence-electron chi connectivity index (χ1n) is 4.90. The molecule has 0 aliphatic heterocycles. The first kappa shape index (κ1) is 13.5. The second-order valence-corrected chi connectivity index (χ2v) is 4.01. The number of thiol groups is 1. The lowest BCUT2D eigenvalue weighted by molar-refractivity contribution is -0.121. The van der Waals surface area contributed by atoms with Gasteiger partial charge in [0.25, 0.3) is 5.91 Å². The van der Waals surface area contributed by atoms with Crippen LogP contribution in [0.3, 0.4) is 0 Å². The summed E-state index contributed by atoms with van der Waals surface area (Å²) in [6.45, 7) is -0.119. The molecular weight excluding hydrogens is 243 g/mol. The van der Waals surface area contributed by atoms with Gasteiger partial charge in [-0.25, -0.2) is 4.39 Å². The lowest BCUT2D eigenvalue weighted by atomic mass is 10.2. The predicted octanol–water partition coefficient (Wildman–Crippen LogP) is 0.932. The normalized spacial score (nSPS) is 9.88. The van der Waals surface area contributed by atoms with E-state index in [1.54, 1.807) is 0 Å². The molecule has 0 saturated heterocycles. The zero-order valence-corrected chi connectivity index (χ0v) is 10.4. The van der Waals surface area contributed by atoms with Gasteiger partial charge in [0.1, 0.15) is 5.82 Å². The molecule has 0 aliphatic rings. The van der Waals surface area contributed by atoms with Crippen molar-refractivity contribution < 1.29 is 14.0 Å². The summed E-state index contributed by atoms with van der Waals surface area (Å²) in [6, 6.07) is 3.96. The minimum absolute atomic E-state index is 0.0936. The Balaban J connectivity index is 2.88. The van der Waals surface area contributed by atoms with E-state index in [0.717, 1.165) is 4.90 Å². The van der Waals surface area contributed by atoms with Crippen LogP contribution >= 0.6 is 12.6 Å². The fourth-order valence-electron chi connectivity index (χ4n) is 1.25. The SMILES string of the molecule is CNC(=O)CN(C)C(=O)c1cc(S)ccc1F. The number of amides is 2. The molecule has 1 N–H and O–H groups in total. The first-order valence-corrected chi connectivity index (χ1v) is 5.35. The van der Waals surface area contributed by atoms with Crippen molar-refractivity contribution in [3.63, 3.8) is 0 Å². The highest BCUT2D eigenvalue weighted by molar-refractivity contribution is 7.80. The van der Waals surface area contributed by atoms with Crippen molar-refractivity contribution in [3.8, 4) is 0 Å². The topological polar surface area (TPSA) is 49.4 Å². The van der Waals surface area contributed by atoms with Gasteiger partial charge in [-0.1, -0.05) is 0 Å². The number of rotatable bonds is 3. The quantitative estimate of drug-likeness (QED) is 0.791. The maximum absolute atomic E-state index is 13.4. The molecule has 0 radical (unpaired) electrons. The van der Waals surface area contributed by atoms with Crippen LogP contribution in [0.25, 0.3) is 0 Å². The number of likely N-dealkylation sites (N-methyl/N-ethyl adjacent to an activating group) is 2. The van der Waals surface area contributed by atoms with Crippen molar-refractivity contribution in [2.24, 2.45) is 0 Å². The molecule has 0 spiro atoms. The molecule has 0 atom stereocenters. The monoisotopic (exact) mass is 256 g/mol. The summed E-state index contributed by atoms with van der Waals surface area (Å²) in [5, 5.41) is 2.39. The summed E-state index contributed by atoms with van der Waals surface area (Å²) < 4.78 is 13.4. The fourth-order valence-corrected chi connectivity index (χ4v) is 1.45. The summed E-state index contributed by atoms with van der Waals surface area (Å²) in [5.41, 5.74) is -0.0936. The lowest BCUT2D eigenvalue weighted by Gasteiger charge is -2.16. The molecular formula is C11H13FN2O2S. The molecule has 0 bridgehead atoms. The van der Waals surface area contributed by atoms with Crippen molar-refractivity contribution in [2.45, 2.75) is 4.90 Å². The van der Waals surface area contributed by atoms with Crippen LogP contribution in [0.4, 0.5) is 4.39 Å². The molecule has 0 aliphatic carbocycles. The van der Waals surface area contributed by atoms with Crippen LogP contribution in [0.15, 0.2) is 23.1 Å². The van der Waals surface area contributed by atoms with Crippen molar-refractivity contribution in [2.75, 3.05) is 20.6 Å². The number of nitrogens with one attached hydrogen (secondary N) is 1. The molecule has 1 aromatic rings. The number of carbonyl (C=O) groups is 2. The molecule has 6 heteroatoms. The Morgan fingerprint density at radius 3 is 2.71 bits per heavy atom. The Morgan fingerprint density at radius 2 is 2.12 bits per heavy atom. The fraction of sp³-hybridized carbons (Fsp3) is 0.273. The minimum atomic E-state index is -0.628. The summed E-state index contributed by atoms with van der Waals surface area (Å²) in [6.07, 6.45) is 0. The highest BCUT2D eigenvalue weighted by Crippen LogP contribution is 2.15. The van der Waals surface area contributed by atoms with Gasteiger partial charge in [-0.05, 0) is 18.2 Å². The van der Waals surface area contributed by atoms with Gasteiger partial charge in [-0.2, -0.15) is 0 Å². The van der Waals surface area contributed by atoms with E-state index in [1.807, 2.05) is 0 Å². The number of carbonyl (C=O) groups excluding carboxylic acids is 2. The van der Waals surface area contributed by atoms with Crippen molar-refractivity contribution in [1.29, 1.82) is 0 Å². The number of benzene rings is 1. The molecule has 4 nitrogen and oxygen atoms in total. The number of hydrogen-bond donors (Lipinski definition) is 2. The molecule has 2 amide bonds. The Bertz CT molecular complexity index is 451. The molecule has 0 aromatic heterocycles. The first-order chi connectivity index (χ1) is 7.95. The molecule has 1 aromatic carbocycles. The van der Waals surface area contributed by atoms with Crippen LogP contribution in [-0.2, 0) is 4.79 Å². The van der Waals surface area contributed by atoms with Crippen LogP contribution in [0, 0.1) is 5.82 Å².